The molecule has 0 amide bonds. The molecule has 1 unspecified atom stereocenters. The summed E-state index contributed by atoms with van der Waals surface area (Å²) >= 11 is 0. The van der Waals surface area contributed by atoms with Gasteiger partial charge in [0.2, 0.25) is 0 Å². The number of rotatable bonds is 5. The first kappa shape index (κ1) is 12.3. The highest BCUT2D eigenvalue weighted by molar-refractivity contribution is 4.81. The quantitative estimate of drug-likeness (QED) is 0.783. The fourth-order valence-corrected chi connectivity index (χ4v) is 2.87. The minimum Gasteiger partial charge on any atom is -0.396 e. The van der Waals surface area contributed by atoms with Gasteiger partial charge in [0.25, 0.3) is 0 Å². The lowest BCUT2D eigenvalue weighted by atomic mass is 9.76. The fraction of sp³-hybridized carbons (Fsp3) is 1.00. The summed E-state index contributed by atoms with van der Waals surface area (Å²) in [7, 11) is 0. The van der Waals surface area contributed by atoms with Gasteiger partial charge in [0.15, 0.2) is 0 Å². The second-order valence-electron chi connectivity index (χ2n) is 5.30. The summed E-state index contributed by atoms with van der Waals surface area (Å²) in [6, 6.07) is 0. The van der Waals surface area contributed by atoms with Gasteiger partial charge in [0.1, 0.15) is 0 Å². The zero-order valence-electron chi connectivity index (χ0n) is 10.1. The van der Waals surface area contributed by atoms with Crippen LogP contribution in [0.25, 0.3) is 0 Å². The molecule has 2 heterocycles. The van der Waals surface area contributed by atoms with E-state index in [0.29, 0.717) is 12.7 Å². The zero-order valence-corrected chi connectivity index (χ0v) is 10.1. The molecule has 0 aromatic rings. The van der Waals surface area contributed by atoms with Gasteiger partial charge in [-0.15, -0.1) is 0 Å². The minimum atomic E-state index is 0.150. The Morgan fingerprint density at radius 1 is 1.19 bits per heavy atom. The normalized spacial score (nSPS) is 29.4. The van der Waals surface area contributed by atoms with Crippen molar-refractivity contribution >= 4 is 0 Å². The van der Waals surface area contributed by atoms with E-state index in [-0.39, 0.29) is 5.41 Å². The molecular formula is C13H24O3. The molecule has 0 bridgehead atoms. The molecule has 2 aliphatic heterocycles. The van der Waals surface area contributed by atoms with E-state index in [1.54, 1.807) is 0 Å². The number of aliphatic hydroxyl groups excluding tert-OH is 1. The Bertz CT molecular complexity index is 193. The highest BCUT2D eigenvalue weighted by Crippen LogP contribution is 2.35. The maximum absolute atomic E-state index is 9.55. The van der Waals surface area contributed by atoms with Crippen molar-refractivity contribution in [2.24, 2.45) is 5.41 Å². The maximum atomic E-state index is 9.55. The third-order valence-electron chi connectivity index (χ3n) is 4.15. The molecule has 2 aliphatic rings. The Morgan fingerprint density at radius 3 is 2.62 bits per heavy atom. The number of ether oxygens (including phenoxy) is 2. The summed E-state index contributed by atoms with van der Waals surface area (Å²) in [6.45, 7) is 2.91. The van der Waals surface area contributed by atoms with Gasteiger partial charge in [-0.1, -0.05) is 6.42 Å². The Labute approximate surface area is 98.1 Å². The summed E-state index contributed by atoms with van der Waals surface area (Å²) in [4.78, 5) is 0. The van der Waals surface area contributed by atoms with Crippen LogP contribution >= 0.6 is 0 Å². The third-order valence-corrected chi connectivity index (χ3v) is 4.15. The Balaban J connectivity index is 1.69. The van der Waals surface area contributed by atoms with E-state index in [2.05, 4.69) is 0 Å². The first-order valence-electron chi connectivity index (χ1n) is 6.65. The predicted octanol–water partition coefficient (Wildman–Crippen LogP) is 2.12. The number of hydrogen-bond donors (Lipinski definition) is 1. The largest absolute Gasteiger partial charge is 0.396 e. The lowest BCUT2D eigenvalue weighted by Crippen LogP contribution is -2.33. The molecule has 0 aliphatic carbocycles. The van der Waals surface area contributed by atoms with Crippen molar-refractivity contribution in [3.63, 3.8) is 0 Å². The average molecular weight is 228 g/mol. The minimum absolute atomic E-state index is 0.150. The molecule has 16 heavy (non-hydrogen) atoms. The monoisotopic (exact) mass is 228 g/mol. The Hall–Kier alpha value is -0.120. The predicted molar refractivity (Wildman–Crippen MR) is 62.4 cm³/mol. The Morgan fingerprint density at radius 2 is 2.00 bits per heavy atom. The number of aliphatic hydroxyl groups is 1. The molecule has 1 atom stereocenters. The van der Waals surface area contributed by atoms with Crippen molar-refractivity contribution in [2.75, 3.05) is 26.4 Å². The SMILES string of the molecule is OCC1(CCCC2CCCO2)CCOCC1. The fourth-order valence-electron chi connectivity index (χ4n) is 2.87. The molecular weight excluding hydrogens is 204 g/mol. The van der Waals surface area contributed by atoms with Gasteiger partial charge < -0.3 is 14.6 Å². The van der Waals surface area contributed by atoms with Crippen molar-refractivity contribution in [3.8, 4) is 0 Å². The van der Waals surface area contributed by atoms with Crippen LogP contribution in [0.1, 0.15) is 44.9 Å². The van der Waals surface area contributed by atoms with E-state index < -0.39 is 0 Å². The van der Waals surface area contributed by atoms with Gasteiger partial charge >= 0.3 is 0 Å². The first-order chi connectivity index (χ1) is 7.85. The molecule has 2 fully saturated rings. The van der Waals surface area contributed by atoms with Crippen LogP contribution in [0.3, 0.4) is 0 Å². The molecule has 2 saturated heterocycles. The van der Waals surface area contributed by atoms with Gasteiger partial charge in [0.05, 0.1) is 6.10 Å². The van der Waals surface area contributed by atoms with Crippen molar-refractivity contribution in [2.45, 2.75) is 51.0 Å². The summed E-state index contributed by atoms with van der Waals surface area (Å²) in [5.41, 5.74) is 0.150. The summed E-state index contributed by atoms with van der Waals surface area (Å²) in [5.74, 6) is 0. The zero-order chi connectivity index (χ0) is 11.3. The second kappa shape index (κ2) is 5.99. The first-order valence-corrected chi connectivity index (χ1v) is 6.65. The smallest absolute Gasteiger partial charge is 0.0576 e. The van der Waals surface area contributed by atoms with Crippen molar-refractivity contribution in [3.05, 3.63) is 0 Å². The molecule has 0 spiro atoms. The van der Waals surface area contributed by atoms with E-state index in [4.69, 9.17) is 9.47 Å². The molecule has 3 heteroatoms. The van der Waals surface area contributed by atoms with Crippen molar-refractivity contribution in [1.82, 2.24) is 0 Å². The second-order valence-corrected chi connectivity index (χ2v) is 5.30. The van der Waals surface area contributed by atoms with Crippen LogP contribution in [0.2, 0.25) is 0 Å². The van der Waals surface area contributed by atoms with Crippen LogP contribution in [0.5, 0.6) is 0 Å². The van der Waals surface area contributed by atoms with Gasteiger partial charge in [-0.2, -0.15) is 0 Å². The standard InChI is InChI=1S/C13H24O3/c14-11-13(6-9-15-10-7-13)5-1-3-12-4-2-8-16-12/h12,14H,1-11H2. The van der Waals surface area contributed by atoms with E-state index in [1.807, 2.05) is 0 Å². The van der Waals surface area contributed by atoms with Crippen LogP contribution in [0, 0.1) is 5.41 Å². The van der Waals surface area contributed by atoms with Crippen LogP contribution in [-0.2, 0) is 9.47 Å². The summed E-state index contributed by atoms with van der Waals surface area (Å²) in [6.07, 6.45) is 8.49. The van der Waals surface area contributed by atoms with Crippen LogP contribution in [0.15, 0.2) is 0 Å². The van der Waals surface area contributed by atoms with Crippen LogP contribution in [0.4, 0.5) is 0 Å². The molecule has 1 N–H and O–H groups in total. The topological polar surface area (TPSA) is 38.7 Å². The average Bonchev–Trinajstić information content (AvgIpc) is 2.83. The van der Waals surface area contributed by atoms with Crippen LogP contribution in [-0.4, -0.2) is 37.6 Å². The van der Waals surface area contributed by atoms with E-state index in [0.717, 1.165) is 39.1 Å². The van der Waals surface area contributed by atoms with E-state index >= 15 is 0 Å². The van der Waals surface area contributed by atoms with E-state index in [1.165, 1.54) is 25.7 Å². The van der Waals surface area contributed by atoms with Gasteiger partial charge in [-0.25, -0.2) is 0 Å². The lowest BCUT2D eigenvalue weighted by Gasteiger charge is -2.35. The maximum Gasteiger partial charge on any atom is 0.0576 e. The lowest BCUT2D eigenvalue weighted by molar-refractivity contribution is -0.0236. The molecule has 94 valence electrons. The molecule has 3 nitrogen and oxygen atoms in total. The molecule has 0 aromatic carbocycles. The highest BCUT2D eigenvalue weighted by atomic mass is 16.5. The van der Waals surface area contributed by atoms with Crippen LogP contribution < -0.4 is 0 Å². The van der Waals surface area contributed by atoms with Gasteiger partial charge in [-0.05, 0) is 43.9 Å². The van der Waals surface area contributed by atoms with Crippen molar-refractivity contribution < 1.29 is 14.6 Å². The van der Waals surface area contributed by atoms with Crippen molar-refractivity contribution in [1.29, 1.82) is 0 Å². The summed E-state index contributed by atoms with van der Waals surface area (Å²) in [5, 5.41) is 9.55. The van der Waals surface area contributed by atoms with Gasteiger partial charge in [0, 0.05) is 26.4 Å². The number of hydrogen-bond acceptors (Lipinski definition) is 3. The Kier molecular flexibility index (Phi) is 4.62. The summed E-state index contributed by atoms with van der Waals surface area (Å²) < 4.78 is 11.0. The molecule has 0 radical (unpaired) electrons. The molecule has 2 rings (SSSR count). The highest BCUT2D eigenvalue weighted by Gasteiger charge is 2.31. The molecule has 0 saturated carbocycles. The van der Waals surface area contributed by atoms with E-state index in [9.17, 15) is 5.11 Å². The third kappa shape index (κ3) is 3.19. The van der Waals surface area contributed by atoms with Gasteiger partial charge in [-0.3, -0.25) is 0 Å². The molecule has 0 aromatic heterocycles.